The molecule has 0 saturated carbocycles. The van der Waals surface area contributed by atoms with E-state index in [1.165, 1.54) is 29.2 Å². The molecule has 0 bridgehead atoms. The van der Waals surface area contributed by atoms with E-state index in [2.05, 4.69) is 5.32 Å². The highest BCUT2D eigenvalue weighted by atomic mass is 32.2. The Morgan fingerprint density at radius 2 is 1.76 bits per heavy atom. The second-order valence-corrected chi connectivity index (χ2v) is 10.8. The molecule has 1 aliphatic heterocycles. The van der Waals surface area contributed by atoms with Crippen LogP contribution in [0.2, 0.25) is 0 Å². The van der Waals surface area contributed by atoms with E-state index in [1.54, 1.807) is 37.3 Å². The summed E-state index contributed by atoms with van der Waals surface area (Å²) in [5.74, 6) is -0.951. The molecule has 7 nitrogen and oxygen atoms in total. The number of sulfonamides is 1. The quantitative estimate of drug-likeness (QED) is 0.636. The van der Waals surface area contributed by atoms with Gasteiger partial charge in [-0.15, -0.1) is 0 Å². The molecule has 1 fully saturated rings. The van der Waals surface area contributed by atoms with E-state index in [4.69, 9.17) is 0 Å². The predicted molar refractivity (Wildman–Crippen MR) is 123 cm³/mol. The first-order valence-corrected chi connectivity index (χ1v) is 12.4. The third-order valence-electron chi connectivity index (χ3n) is 5.82. The second kappa shape index (κ2) is 10.0. The van der Waals surface area contributed by atoms with Gasteiger partial charge in [0.1, 0.15) is 11.4 Å². The largest absolute Gasteiger partial charge is 0.354 e. The molecule has 0 aromatic heterocycles. The number of benzene rings is 2. The minimum absolute atomic E-state index is 0.0619. The van der Waals surface area contributed by atoms with E-state index in [0.29, 0.717) is 18.0 Å². The van der Waals surface area contributed by atoms with Gasteiger partial charge in [0.25, 0.3) is 0 Å². The lowest BCUT2D eigenvalue weighted by atomic mass is 9.94. The summed E-state index contributed by atoms with van der Waals surface area (Å²) in [4.78, 5) is 28.0. The molecule has 0 radical (unpaired) electrons. The molecule has 1 saturated heterocycles. The summed E-state index contributed by atoms with van der Waals surface area (Å²) in [6, 6.07) is 13.5. The van der Waals surface area contributed by atoms with Crippen molar-refractivity contribution in [2.24, 2.45) is 5.92 Å². The lowest BCUT2D eigenvalue weighted by Crippen LogP contribution is -2.69. The Morgan fingerprint density at radius 1 is 1.12 bits per heavy atom. The first-order valence-electron chi connectivity index (χ1n) is 10.9. The molecule has 0 unspecified atom stereocenters. The molecule has 2 aromatic rings. The molecule has 33 heavy (non-hydrogen) atoms. The highest BCUT2D eigenvalue weighted by molar-refractivity contribution is 7.89. The molecule has 9 heteroatoms. The molecule has 0 aliphatic carbocycles. The van der Waals surface area contributed by atoms with Gasteiger partial charge in [-0.3, -0.25) is 9.59 Å². The van der Waals surface area contributed by atoms with E-state index in [9.17, 15) is 22.4 Å². The Balaban J connectivity index is 1.93. The van der Waals surface area contributed by atoms with Crippen LogP contribution in [0.3, 0.4) is 0 Å². The molecule has 1 heterocycles. The highest BCUT2D eigenvalue weighted by Crippen LogP contribution is 2.29. The number of carbonyl (C=O) groups is 2. The van der Waals surface area contributed by atoms with Gasteiger partial charge in [-0.1, -0.05) is 44.2 Å². The number of carbonyl (C=O) groups excluding carboxylic acids is 2. The Kier molecular flexibility index (Phi) is 7.54. The monoisotopic (exact) mass is 475 g/mol. The van der Waals surface area contributed by atoms with Crippen molar-refractivity contribution in [3.63, 3.8) is 0 Å². The van der Waals surface area contributed by atoms with Crippen LogP contribution < -0.4 is 5.32 Å². The number of rotatable bonds is 8. The van der Waals surface area contributed by atoms with Gasteiger partial charge in [-0.25, -0.2) is 12.8 Å². The van der Waals surface area contributed by atoms with E-state index in [-0.39, 0.29) is 24.5 Å². The van der Waals surface area contributed by atoms with E-state index in [1.807, 2.05) is 13.8 Å². The molecule has 1 N–H and O–H groups in total. The van der Waals surface area contributed by atoms with Crippen LogP contribution >= 0.6 is 0 Å². The number of piperazine rings is 1. The molecule has 1 atom stereocenters. The second-order valence-electron chi connectivity index (χ2n) is 8.90. The van der Waals surface area contributed by atoms with Gasteiger partial charge in [0.05, 0.1) is 11.4 Å². The van der Waals surface area contributed by atoms with Crippen LogP contribution in [0.1, 0.15) is 32.8 Å². The lowest BCUT2D eigenvalue weighted by Gasteiger charge is -2.46. The van der Waals surface area contributed by atoms with Gasteiger partial charge in [-0.05, 0) is 49.1 Å². The molecular formula is C24H30FN3O4S. The average Bonchev–Trinajstić information content (AvgIpc) is 2.77. The smallest absolute Gasteiger partial charge is 0.247 e. The molecule has 3 rings (SSSR count). The summed E-state index contributed by atoms with van der Waals surface area (Å²) in [7, 11) is -3.98. The maximum absolute atomic E-state index is 13.4. The van der Waals surface area contributed by atoms with Gasteiger partial charge in [0, 0.05) is 19.6 Å². The van der Waals surface area contributed by atoms with Crippen molar-refractivity contribution in [1.82, 2.24) is 14.5 Å². The van der Waals surface area contributed by atoms with Crippen molar-refractivity contribution in [3.05, 3.63) is 66.0 Å². The topological polar surface area (TPSA) is 86.8 Å². The van der Waals surface area contributed by atoms with Crippen LogP contribution in [0.5, 0.6) is 0 Å². The van der Waals surface area contributed by atoms with Gasteiger partial charge < -0.3 is 10.2 Å². The van der Waals surface area contributed by atoms with Crippen LogP contribution in [0.15, 0.2) is 59.5 Å². The van der Waals surface area contributed by atoms with E-state index in [0.717, 1.165) is 10.7 Å². The Hall–Kier alpha value is -2.78. The van der Waals surface area contributed by atoms with Gasteiger partial charge >= 0.3 is 0 Å². The van der Waals surface area contributed by atoms with Crippen LogP contribution in [0.25, 0.3) is 0 Å². The SMILES string of the molecule is CC(C)CCNC(=O)[C@]1(C)CN(S(=O)(=O)c2ccccc2)CC(=O)N1Cc1ccc(F)cc1. The maximum atomic E-state index is 13.4. The maximum Gasteiger partial charge on any atom is 0.247 e. The van der Waals surface area contributed by atoms with Crippen molar-refractivity contribution < 1.29 is 22.4 Å². The molecular weight excluding hydrogens is 445 g/mol. The van der Waals surface area contributed by atoms with Crippen LogP contribution in [0, 0.1) is 11.7 Å². The van der Waals surface area contributed by atoms with Crippen molar-refractivity contribution >= 4 is 21.8 Å². The molecule has 2 aromatic carbocycles. The lowest BCUT2D eigenvalue weighted by molar-refractivity contribution is -0.153. The normalized spacial score (nSPS) is 19.7. The minimum Gasteiger partial charge on any atom is -0.354 e. The Labute approximate surface area is 194 Å². The first kappa shape index (κ1) is 24.9. The standard InChI is InChI=1S/C24H30FN3O4S/c1-18(2)13-14-26-23(30)24(3)17-27(33(31,32)21-7-5-4-6-8-21)16-22(29)28(24)15-19-9-11-20(25)12-10-19/h4-12,18H,13-17H2,1-3H3,(H,26,30)/t24-/m0/s1. The fourth-order valence-corrected chi connectivity index (χ4v) is 5.30. The zero-order valence-corrected chi connectivity index (χ0v) is 19.9. The van der Waals surface area contributed by atoms with Crippen molar-refractivity contribution in [2.45, 2.75) is 44.2 Å². The summed E-state index contributed by atoms with van der Waals surface area (Å²) in [6.07, 6.45) is 0.750. The molecule has 2 amide bonds. The highest BCUT2D eigenvalue weighted by Gasteiger charge is 2.50. The number of hydrogen-bond acceptors (Lipinski definition) is 4. The third-order valence-corrected chi connectivity index (χ3v) is 7.63. The minimum atomic E-state index is -3.98. The Bertz CT molecular complexity index is 1090. The van der Waals surface area contributed by atoms with Crippen molar-refractivity contribution in [3.8, 4) is 0 Å². The van der Waals surface area contributed by atoms with Gasteiger partial charge in [-0.2, -0.15) is 4.31 Å². The average molecular weight is 476 g/mol. The number of nitrogens with one attached hydrogen (secondary N) is 1. The van der Waals surface area contributed by atoms with E-state index < -0.39 is 33.2 Å². The predicted octanol–water partition coefficient (Wildman–Crippen LogP) is 2.78. The summed E-state index contributed by atoms with van der Waals surface area (Å²) in [5.41, 5.74) is -0.798. The summed E-state index contributed by atoms with van der Waals surface area (Å²) in [6.45, 7) is 5.55. The summed E-state index contributed by atoms with van der Waals surface area (Å²) in [5, 5.41) is 2.87. The van der Waals surface area contributed by atoms with E-state index >= 15 is 0 Å². The van der Waals surface area contributed by atoms with Gasteiger partial charge in [0.2, 0.25) is 21.8 Å². The first-order chi connectivity index (χ1) is 15.5. The summed E-state index contributed by atoms with van der Waals surface area (Å²) >= 11 is 0. The fourth-order valence-electron chi connectivity index (χ4n) is 3.80. The third kappa shape index (κ3) is 5.59. The van der Waals surface area contributed by atoms with Crippen LogP contribution in [-0.2, 0) is 26.2 Å². The summed E-state index contributed by atoms with van der Waals surface area (Å²) < 4.78 is 40.9. The number of amides is 2. The zero-order chi connectivity index (χ0) is 24.2. The number of halogens is 1. The van der Waals surface area contributed by atoms with Crippen LogP contribution in [0.4, 0.5) is 4.39 Å². The van der Waals surface area contributed by atoms with Crippen molar-refractivity contribution in [2.75, 3.05) is 19.6 Å². The molecule has 1 aliphatic rings. The molecule has 178 valence electrons. The van der Waals surface area contributed by atoms with Gasteiger partial charge in [0.15, 0.2) is 0 Å². The van der Waals surface area contributed by atoms with Crippen LogP contribution in [-0.4, -0.2) is 54.6 Å². The van der Waals surface area contributed by atoms with Crippen molar-refractivity contribution in [1.29, 1.82) is 0 Å². The fraction of sp³-hybridized carbons (Fsp3) is 0.417. The molecule has 0 spiro atoms. The number of nitrogens with zero attached hydrogens (tertiary/aromatic N) is 2. The zero-order valence-electron chi connectivity index (χ0n) is 19.1. The number of hydrogen-bond donors (Lipinski definition) is 1. The Morgan fingerprint density at radius 3 is 2.36 bits per heavy atom.